The van der Waals surface area contributed by atoms with E-state index in [1.807, 2.05) is 13.0 Å². The van der Waals surface area contributed by atoms with Gasteiger partial charge in [-0.1, -0.05) is 36.4 Å². The van der Waals surface area contributed by atoms with Gasteiger partial charge in [0.1, 0.15) is 5.82 Å². The summed E-state index contributed by atoms with van der Waals surface area (Å²) >= 11 is 0. The first-order valence-corrected chi connectivity index (χ1v) is 11.2. The first kappa shape index (κ1) is 20.5. The van der Waals surface area contributed by atoms with Crippen LogP contribution in [0.25, 0.3) is 0 Å². The highest BCUT2D eigenvalue weighted by Gasteiger charge is 2.23. The van der Waals surface area contributed by atoms with Crippen LogP contribution in [0, 0.1) is 5.82 Å². The van der Waals surface area contributed by atoms with E-state index in [1.165, 1.54) is 29.3 Å². The zero-order valence-corrected chi connectivity index (χ0v) is 16.9. The molecule has 1 aliphatic carbocycles. The predicted octanol–water partition coefficient (Wildman–Crippen LogP) is 2.95. The molecule has 0 spiro atoms. The van der Waals surface area contributed by atoms with E-state index in [1.54, 1.807) is 6.07 Å². The number of rotatable bonds is 7. The second-order valence-electron chi connectivity index (χ2n) is 7.29. The average molecular weight is 405 g/mol. The minimum Gasteiger partial charge on any atom is -0.348 e. The fourth-order valence-electron chi connectivity index (χ4n) is 3.50. The van der Waals surface area contributed by atoms with Crippen molar-refractivity contribution in [2.45, 2.75) is 38.8 Å². The molecule has 0 fully saturated rings. The number of halogens is 1. The molecule has 3 rings (SSSR count). The summed E-state index contributed by atoms with van der Waals surface area (Å²) in [7, 11) is -3.68. The number of fused-ring (bicyclic) bond motifs is 1. The van der Waals surface area contributed by atoms with Gasteiger partial charge in [0.25, 0.3) is 0 Å². The lowest BCUT2D eigenvalue weighted by Crippen LogP contribution is -2.40. The van der Waals surface area contributed by atoms with Crippen molar-refractivity contribution in [3.05, 3.63) is 70.5 Å². The number of carbonyl (C=O) groups is 1. The fourth-order valence-corrected chi connectivity index (χ4v) is 4.22. The second kappa shape index (κ2) is 8.41. The fraction of sp³-hybridized carbons (Fsp3) is 0.381. The molecular formula is C21H25FN2O3S. The maximum absolute atomic E-state index is 13.9. The third-order valence-electron chi connectivity index (χ3n) is 5.09. The summed E-state index contributed by atoms with van der Waals surface area (Å²) in [6, 6.07) is 11.9. The SMILES string of the molecule is C[C@@H](NC(=O)CN(Cc1ccccc1F)S(C)(=O)=O)c1ccc2c(c1)CCC2. The Balaban J connectivity index is 1.67. The summed E-state index contributed by atoms with van der Waals surface area (Å²) < 4.78 is 39.1. The van der Waals surface area contributed by atoms with E-state index in [0.717, 1.165) is 35.4 Å². The van der Waals surface area contributed by atoms with Crippen LogP contribution in [0.3, 0.4) is 0 Å². The van der Waals surface area contributed by atoms with E-state index in [-0.39, 0.29) is 24.7 Å². The molecule has 2 aromatic rings. The molecule has 0 saturated carbocycles. The minimum absolute atomic E-state index is 0.188. The summed E-state index contributed by atoms with van der Waals surface area (Å²) in [5.41, 5.74) is 3.90. The van der Waals surface area contributed by atoms with Crippen molar-refractivity contribution in [3.8, 4) is 0 Å². The summed E-state index contributed by atoms with van der Waals surface area (Å²) in [5, 5.41) is 2.85. The summed E-state index contributed by atoms with van der Waals surface area (Å²) in [6.45, 7) is 1.32. The number of hydrogen-bond donors (Lipinski definition) is 1. The van der Waals surface area contributed by atoms with Crippen molar-refractivity contribution in [1.82, 2.24) is 9.62 Å². The Labute approximate surface area is 165 Å². The minimum atomic E-state index is -3.68. The summed E-state index contributed by atoms with van der Waals surface area (Å²) in [6.07, 6.45) is 4.31. The number of hydrogen-bond acceptors (Lipinski definition) is 3. The standard InChI is InChI=1S/C21H25FN2O3S/c1-15(17-11-10-16-7-5-8-18(16)12-17)23-21(25)14-24(28(2,26)27)13-19-6-3-4-9-20(19)22/h3-4,6,9-12,15H,5,7-8,13-14H2,1-2H3,(H,23,25)/t15-/m1/s1. The normalized spacial score (nSPS) is 14.7. The molecule has 0 radical (unpaired) electrons. The Morgan fingerprint density at radius 1 is 1.18 bits per heavy atom. The first-order valence-electron chi connectivity index (χ1n) is 9.33. The van der Waals surface area contributed by atoms with E-state index in [9.17, 15) is 17.6 Å². The zero-order valence-electron chi connectivity index (χ0n) is 16.1. The molecular weight excluding hydrogens is 379 g/mol. The average Bonchev–Trinajstić information content (AvgIpc) is 3.09. The molecule has 2 aromatic carbocycles. The Morgan fingerprint density at radius 3 is 2.61 bits per heavy atom. The van der Waals surface area contributed by atoms with Gasteiger partial charge in [0.2, 0.25) is 15.9 Å². The molecule has 0 aromatic heterocycles. The van der Waals surface area contributed by atoms with Crippen LogP contribution in [-0.2, 0) is 34.2 Å². The molecule has 28 heavy (non-hydrogen) atoms. The van der Waals surface area contributed by atoms with Crippen LogP contribution in [0.1, 0.15) is 41.6 Å². The van der Waals surface area contributed by atoms with E-state index in [2.05, 4.69) is 17.4 Å². The predicted molar refractivity (Wildman–Crippen MR) is 107 cm³/mol. The van der Waals surface area contributed by atoms with Gasteiger partial charge in [0, 0.05) is 12.1 Å². The molecule has 0 heterocycles. The van der Waals surface area contributed by atoms with Crippen LogP contribution in [0.4, 0.5) is 4.39 Å². The second-order valence-corrected chi connectivity index (χ2v) is 9.28. The summed E-state index contributed by atoms with van der Waals surface area (Å²) in [4.78, 5) is 12.5. The van der Waals surface area contributed by atoms with Gasteiger partial charge >= 0.3 is 0 Å². The molecule has 0 saturated heterocycles. The number of aryl methyl sites for hydroxylation is 2. The van der Waals surface area contributed by atoms with E-state index >= 15 is 0 Å². The van der Waals surface area contributed by atoms with Crippen LogP contribution in [0.2, 0.25) is 0 Å². The monoisotopic (exact) mass is 404 g/mol. The number of carbonyl (C=O) groups excluding carboxylic acids is 1. The topological polar surface area (TPSA) is 66.5 Å². The largest absolute Gasteiger partial charge is 0.348 e. The van der Waals surface area contributed by atoms with Gasteiger partial charge in [0.15, 0.2) is 0 Å². The van der Waals surface area contributed by atoms with Gasteiger partial charge in [-0.25, -0.2) is 12.8 Å². The summed E-state index contributed by atoms with van der Waals surface area (Å²) in [5.74, 6) is -0.919. The molecule has 7 heteroatoms. The van der Waals surface area contributed by atoms with Crippen molar-refractivity contribution < 1.29 is 17.6 Å². The molecule has 150 valence electrons. The smallest absolute Gasteiger partial charge is 0.235 e. The van der Waals surface area contributed by atoms with Gasteiger partial charge < -0.3 is 5.32 Å². The lowest BCUT2D eigenvalue weighted by Gasteiger charge is -2.22. The van der Waals surface area contributed by atoms with Gasteiger partial charge in [-0.05, 0) is 48.9 Å². The van der Waals surface area contributed by atoms with Crippen LogP contribution in [0.15, 0.2) is 42.5 Å². The Bertz CT molecular complexity index is 975. The first-order chi connectivity index (χ1) is 13.2. The lowest BCUT2D eigenvalue weighted by atomic mass is 10.0. The maximum Gasteiger partial charge on any atom is 0.235 e. The van der Waals surface area contributed by atoms with Crippen molar-refractivity contribution in [2.75, 3.05) is 12.8 Å². The highest BCUT2D eigenvalue weighted by atomic mass is 32.2. The lowest BCUT2D eigenvalue weighted by molar-refractivity contribution is -0.122. The Morgan fingerprint density at radius 2 is 1.89 bits per heavy atom. The van der Waals surface area contributed by atoms with Gasteiger partial charge in [-0.15, -0.1) is 0 Å². The quantitative estimate of drug-likeness (QED) is 0.772. The molecule has 0 unspecified atom stereocenters. The van der Waals surface area contributed by atoms with Crippen LogP contribution < -0.4 is 5.32 Å². The van der Waals surface area contributed by atoms with E-state index in [4.69, 9.17) is 0 Å². The molecule has 1 N–H and O–H groups in total. The van der Waals surface area contributed by atoms with E-state index in [0.29, 0.717) is 0 Å². The van der Waals surface area contributed by atoms with Gasteiger partial charge in [-0.3, -0.25) is 4.79 Å². The Hall–Kier alpha value is -2.25. The molecule has 1 amide bonds. The third kappa shape index (κ3) is 4.97. The van der Waals surface area contributed by atoms with Gasteiger partial charge in [0.05, 0.1) is 18.8 Å². The van der Waals surface area contributed by atoms with E-state index < -0.39 is 21.7 Å². The molecule has 0 aliphatic heterocycles. The number of benzene rings is 2. The Kier molecular flexibility index (Phi) is 6.15. The molecule has 5 nitrogen and oxygen atoms in total. The van der Waals surface area contributed by atoms with Crippen molar-refractivity contribution >= 4 is 15.9 Å². The number of nitrogens with one attached hydrogen (secondary N) is 1. The molecule has 1 atom stereocenters. The zero-order chi connectivity index (χ0) is 20.3. The molecule has 0 bridgehead atoms. The number of sulfonamides is 1. The van der Waals surface area contributed by atoms with Crippen LogP contribution >= 0.6 is 0 Å². The van der Waals surface area contributed by atoms with Crippen molar-refractivity contribution in [2.24, 2.45) is 0 Å². The van der Waals surface area contributed by atoms with Gasteiger partial charge in [-0.2, -0.15) is 4.31 Å². The van der Waals surface area contributed by atoms with Crippen molar-refractivity contribution in [3.63, 3.8) is 0 Å². The number of nitrogens with zero attached hydrogens (tertiary/aromatic N) is 1. The number of amides is 1. The highest BCUT2D eigenvalue weighted by Crippen LogP contribution is 2.25. The van der Waals surface area contributed by atoms with Crippen LogP contribution in [-0.4, -0.2) is 31.4 Å². The van der Waals surface area contributed by atoms with Crippen LogP contribution in [0.5, 0.6) is 0 Å². The molecule has 1 aliphatic rings. The maximum atomic E-state index is 13.9. The third-order valence-corrected chi connectivity index (χ3v) is 6.29. The van der Waals surface area contributed by atoms with Crippen molar-refractivity contribution in [1.29, 1.82) is 0 Å². The highest BCUT2D eigenvalue weighted by molar-refractivity contribution is 7.88.